The molecule has 1 atom stereocenters. The minimum absolute atomic E-state index is 0.0788. The number of rotatable bonds is 10. The van der Waals surface area contributed by atoms with Crippen LogP contribution in [0.3, 0.4) is 0 Å². The summed E-state index contributed by atoms with van der Waals surface area (Å²) in [5, 5.41) is 13.0. The van der Waals surface area contributed by atoms with Crippen molar-refractivity contribution in [3.63, 3.8) is 0 Å². The Labute approximate surface area is 209 Å². The number of quaternary nitrogens is 2. The molecular weight excluding hydrogens is 442 g/mol. The molecule has 3 rings (SSSR count). The summed E-state index contributed by atoms with van der Waals surface area (Å²) in [5.74, 6) is -1.12. The number of amides is 1. The van der Waals surface area contributed by atoms with Gasteiger partial charge in [-0.15, -0.1) is 0 Å². The first kappa shape index (κ1) is 26.7. The number of aliphatic carboxylic acids is 1. The fourth-order valence-corrected chi connectivity index (χ4v) is 5.78. The third-order valence-corrected chi connectivity index (χ3v) is 6.75. The molecule has 0 bridgehead atoms. The van der Waals surface area contributed by atoms with Crippen LogP contribution < -0.4 is 5.32 Å². The lowest BCUT2D eigenvalue weighted by Crippen LogP contribution is -2.64. The van der Waals surface area contributed by atoms with E-state index in [0.29, 0.717) is 28.5 Å². The van der Waals surface area contributed by atoms with E-state index in [1.807, 2.05) is 73.5 Å². The van der Waals surface area contributed by atoms with E-state index < -0.39 is 23.5 Å². The van der Waals surface area contributed by atoms with Gasteiger partial charge in [-0.3, -0.25) is 0 Å². The number of carboxylic acids is 1. The zero-order chi connectivity index (χ0) is 26.0. The zero-order valence-corrected chi connectivity index (χ0v) is 22.2. The molecule has 2 aromatic rings. The van der Waals surface area contributed by atoms with Crippen LogP contribution in [0.4, 0.5) is 4.79 Å². The predicted molar refractivity (Wildman–Crippen MR) is 138 cm³/mol. The lowest BCUT2D eigenvalue weighted by atomic mass is 9.75. The van der Waals surface area contributed by atoms with E-state index in [2.05, 4.69) is 29.6 Å². The van der Waals surface area contributed by atoms with E-state index in [9.17, 15) is 14.7 Å². The third kappa shape index (κ3) is 6.21. The highest BCUT2D eigenvalue weighted by molar-refractivity contribution is 5.81. The molecule has 7 heteroatoms. The van der Waals surface area contributed by atoms with Gasteiger partial charge in [0.2, 0.25) is 0 Å². The van der Waals surface area contributed by atoms with Crippen molar-refractivity contribution in [1.29, 1.82) is 0 Å². The van der Waals surface area contributed by atoms with Crippen molar-refractivity contribution in [2.45, 2.75) is 25.3 Å². The number of carboxylic acid groups (broad SMARTS) is 1. The maximum absolute atomic E-state index is 13.0. The molecule has 0 fully saturated rings. The van der Waals surface area contributed by atoms with Crippen molar-refractivity contribution in [2.24, 2.45) is 5.41 Å². The number of nitrogens with zero attached hydrogens (tertiary/aromatic N) is 2. The molecule has 0 saturated heterocycles. The standard InChI is InChI=1S/C28H39N3O4/c1-8-28(18-30(2,3)4,19-31(5,6)7)25(26(32)33)29-27(34)35-17-24-22-15-11-9-13-20(22)21-14-10-12-16-23(21)24/h9-16,24-25H,8,17-19H2,1-7H3/p+2/t25-/m0/s1. The van der Waals surface area contributed by atoms with Gasteiger partial charge in [-0.2, -0.15) is 0 Å². The van der Waals surface area contributed by atoms with Gasteiger partial charge in [0.15, 0.2) is 0 Å². The molecule has 0 heterocycles. The Bertz CT molecular complexity index is 1010. The summed E-state index contributed by atoms with van der Waals surface area (Å²) in [5.41, 5.74) is 3.88. The molecule has 0 aliphatic heterocycles. The Morgan fingerprint density at radius 2 is 1.37 bits per heavy atom. The van der Waals surface area contributed by atoms with Crippen LogP contribution in [0.25, 0.3) is 11.1 Å². The Kier molecular flexibility index (Phi) is 7.62. The fraction of sp³-hybridized carbons (Fsp3) is 0.500. The quantitative estimate of drug-likeness (QED) is 0.504. The lowest BCUT2D eigenvalue weighted by Gasteiger charge is -2.45. The SMILES string of the molecule is CCC(C[N+](C)(C)C)(C[N+](C)(C)C)[C@@H](NC(=O)OCC1c2ccccc2-c2ccccc21)C(=O)O. The molecule has 0 saturated carbocycles. The highest BCUT2D eigenvalue weighted by Gasteiger charge is 2.50. The first-order chi connectivity index (χ1) is 16.3. The summed E-state index contributed by atoms with van der Waals surface area (Å²) in [6, 6.07) is 15.2. The van der Waals surface area contributed by atoms with Gasteiger partial charge in [0, 0.05) is 5.92 Å². The Balaban J connectivity index is 1.82. The number of nitrogens with one attached hydrogen (secondary N) is 1. The lowest BCUT2D eigenvalue weighted by molar-refractivity contribution is -0.903. The summed E-state index contributed by atoms with van der Waals surface area (Å²) in [7, 11) is 12.3. The highest BCUT2D eigenvalue weighted by Crippen LogP contribution is 2.44. The van der Waals surface area contributed by atoms with Crippen LogP contribution in [-0.2, 0) is 9.53 Å². The van der Waals surface area contributed by atoms with Crippen LogP contribution in [0.15, 0.2) is 48.5 Å². The molecule has 1 aliphatic rings. The monoisotopic (exact) mass is 483 g/mol. The largest absolute Gasteiger partial charge is 0.480 e. The van der Waals surface area contributed by atoms with Crippen molar-refractivity contribution in [3.8, 4) is 11.1 Å². The van der Waals surface area contributed by atoms with Gasteiger partial charge in [0.1, 0.15) is 12.6 Å². The van der Waals surface area contributed by atoms with Crippen LogP contribution >= 0.6 is 0 Å². The molecule has 1 aliphatic carbocycles. The minimum Gasteiger partial charge on any atom is -0.480 e. The van der Waals surface area contributed by atoms with Gasteiger partial charge in [-0.1, -0.05) is 55.5 Å². The third-order valence-electron chi connectivity index (χ3n) is 6.75. The van der Waals surface area contributed by atoms with Gasteiger partial charge < -0.3 is 24.1 Å². The second-order valence-corrected chi connectivity index (χ2v) is 11.9. The van der Waals surface area contributed by atoms with Crippen molar-refractivity contribution in [2.75, 3.05) is 62.0 Å². The van der Waals surface area contributed by atoms with Crippen LogP contribution in [-0.4, -0.2) is 94.2 Å². The number of carbonyl (C=O) groups is 2. The van der Waals surface area contributed by atoms with Crippen molar-refractivity contribution in [1.82, 2.24) is 5.32 Å². The first-order valence-electron chi connectivity index (χ1n) is 12.2. The number of hydrogen-bond acceptors (Lipinski definition) is 3. The smallest absolute Gasteiger partial charge is 0.407 e. The number of alkyl carbamates (subject to hydrolysis) is 1. The average molecular weight is 484 g/mol. The van der Waals surface area contributed by atoms with Gasteiger partial charge in [-0.05, 0) is 28.7 Å². The van der Waals surface area contributed by atoms with E-state index in [-0.39, 0.29) is 12.5 Å². The van der Waals surface area contributed by atoms with E-state index in [0.717, 1.165) is 22.3 Å². The maximum atomic E-state index is 13.0. The van der Waals surface area contributed by atoms with E-state index in [1.54, 1.807) is 0 Å². The van der Waals surface area contributed by atoms with E-state index in [1.165, 1.54) is 0 Å². The Hall–Kier alpha value is -2.90. The predicted octanol–water partition coefficient (Wildman–Crippen LogP) is 3.79. The molecule has 0 aromatic heterocycles. The summed E-state index contributed by atoms with van der Waals surface area (Å²) < 4.78 is 6.87. The molecule has 2 aromatic carbocycles. The fourth-order valence-electron chi connectivity index (χ4n) is 5.78. The molecule has 1 amide bonds. The second-order valence-electron chi connectivity index (χ2n) is 11.9. The Morgan fingerprint density at radius 1 is 0.914 bits per heavy atom. The zero-order valence-electron chi connectivity index (χ0n) is 22.2. The molecule has 0 radical (unpaired) electrons. The van der Waals surface area contributed by atoms with E-state index in [4.69, 9.17) is 4.74 Å². The molecule has 0 spiro atoms. The molecule has 35 heavy (non-hydrogen) atoms. The first-order valence-corrected chi connectivity index (χ1v) is 12.2. The minimum atomic E-state index is -1.07. The number of benzene rings is 2. The number of hydrogen-bond donors (Lipinski definition) is 2. The van der Waals surface area contributed by atoms with Crippen molar-refractivity contribution < 1.29 is 28.4 Å². The van der Waals surface area contributed by atoms with Gasteiger partial charge >= 0.3 is 12.1 Å². The normalized spacial score (nSPS) is 14.7. The average Bonchev–Trinajstić information content (AvgIpc) is 3.07. The summed E-state index contributed by atoms with van der Waals surface area (Å²) >= 11 is 0. The molecule has 0 unspecified atom stereocenters. The molecule has 2 N–H and O–H groups in total. The number of ether oxygens (including phenoxy) is 1. The Morgan fingerprint density at radius 3 is 1.77 bits per heavy atom. The van der Waals surface area contributed by atoms with Crippen molar-refractivity contribution >= 4 is 12.1 Å². The van der Waals surface area contributed by atoms with Gasteiger partial charge in [-0.25, -0.2) is 9.59 Å². The van der Waals surface area contributed by atoms with E-state index >= 15 is 0 Å². The number of fused-ring (bicyclic) bond motifs is 3. The summed E-state index contributed by atoms with van der Waals surface area (Å²) in [6.45, 7) is 3.34. The topological polar surface area (TPSA) is 75.6 Å². The summed E-state index contributed by atoms with van der Waals surface area (Å²) in [4.78, 5) is 25.5. The number of carbonyl (C=O) groups excluding carboxylic acids is 1. The van der Waals surface area contributed by atoms with Crippen LogP contribution in [0.1, 0.15) is 30.4 Å². The maximum Gasteiger partial charge on any atom is 0.407 e. The van der Waals surface area contributed by atoms with Crippen LogP contribution in [0.5, 0.6) is 0 Å². The van der Waals surface area contributed by atoms with Gasteiger partial charge in [0.05, 0.1) is 60.8 Å². The van der Waals surface area contributed by atoms with Crippen LogP contribution in [0.2, 0.25) is 0 Å². The molecular formula is C28H41N3O4+2. The van der Waals surface area contributed by atoms with Gasteiger partial charge in [0.25, 0.3) is 0 Å². The summed E-state index contributed by atoms with van der Waals surface area (Å²) in [6.07, 6.45) is -0.0847. The molecule has 190 valence electrons. The van der Waals surface area contributed by atoms with Crippen molar-refractivity contribution in [3.05, 3.63) is 59.7 Å². The molecule has 7 nitrogen and oxygen atoms in total. The highest BCUT2D eigenvalue weighted by atomic mass is 16.5. The second kappa shape index (κ2) is 9.99. The van der Waals surface area contributed by atoms with Crippen LogP contribution in [0, 0.1) is 5.41 Å².